The average Bonchev–Trinajstić information content (AvgIpc) is 4.06. The van der Waals surface area contributed by atoms with E-state index in [1.54, 1.807) is 28.2 Å². The molecule has 4 aliphatic rings. The number of rotatable bonds is 18. The van der Waals surface area contributed by atoms with Crippen LogP contribution in [-0.4, -0.2) is 104 Å². The van der Waals surface area contributed by atoms with Crippen LogP contribution in [0.2, 0.25) is 0 Å². The summed E-state index contributed by atoms with van der Waals surface area (Å²) in [7, 11) is 0. The number of ether oxygens (including phenoxy) is 4. The Labute approximate surface area is 446 Å². The normalized spacial score (nSPS) is 18.5. The lowest BCUT2D eigenvalue weighted by molar-refractivity contribution is -0.168. The first-order chi connectivity index (χ1) is 37.3. The van der Waals surface area contributed by atoms with Crippen molar-refractivity contribution in [2.45, 2.75) is 155 Å². The van der Waals surface area contributed by atoms with E-state index in [1.165, 1.54) is 24.3 Å². The number of hydrogen-bond acceptors (Lipinski definition) is 16. The number of hydrogen-bond donors (Lipinski definition) is 0. The number of fused-ring (bicyclic) bond motifs is 4. The van der Waals surface area contributed by atoms with E-state index >= 15 is 0 Å². The maximum Gasteiger partial charge on any atom is 0.311 e. The fourth-order valence-electron chi connectivity index (χ4n) is 11.4. The van der Waals surface area contributed by atoms with Gasteiger partial charge in [0.2, 0.25) is 0 Å². The molecule has 0 saturated carbocycles. The number of esters is 2. The van der Waals surface area contributed by atoms with Crippen LogP contribution in [0, 0.1) is 31.4 Å². The van der Waals surface area contributed by atoms with E-state index in [0.717, 1.165) is 148 Å². The maximum atomic E-state index is 13.5. The maximum absolute atomic E-state index is 13.5. The number of benzene rings is 2. The average molecular weight is 1070 g/mol. The highest BCUT2D eigenvalue weighted by atomic mass is 19.1. The number of piperidine rings is 2. The van der Waals surface area contributed by atoms with Crippen LogP contribution < -0.4 is 11.1 Å². The molecule has 0 N–H and O–H groups in total. The first kappa shape index (κ1) is 55.5. The molecule has 4 aliphatic heterocycles. The van der Waals surface area contributed by atoms with Crippen molar-refractivity contribution in [3.8, 4) is 0 Å². The van der Waals surface area contributed by atoms with Crippen LogP contribution in [0.15, 0.2) is 55.0 Å². The van der Waals surface area contributed by atoms with Gasteiger partial charge >= 0.3 is 11.9 Å². The van der Waals surface area contributed by atoms with Gasteiger partial charge in [-0.05, 0) is 141 Å². The van der Waals surface area contributed by atoms with Crippen molar-refractivity contribution in [1.29, 1.82) is 0 Å². The summed E-state index contributed by atoms with van der Waals surface area (Å²) in [4.78, 5) is 64.7. The van der Waals surface area contributed by atoms with Crippen molar-refractivity contribution >= 4 is 33.9 Å². The van der Waals surface area contributed by atoms with E-state index in [4.69, 9.17) is 38.0 Å². The van der Waals surface area contributed by atoms with Gasteiger partial charge in [0.25, 0.3) is 11.1 Å². The number of halogens is 2. The topological polar surface area (TPSA) is 199 Å². The summed E-state index contributed by atoms with van der Waals surface area (Å²) < 4.78 is 63.2. The molecule has 0 radical (unpaired) electrons. The Morgan fingerprint density at radius 2 is 1.08 bits per heavy atom. The molecule has 18 nitrogen and oxygen atoms in total. The van der Waals surface area contributed by atoms with Gasteiger partial charge in [-0.25, -0.2) is 18.7 Å². The van der Waals surface area contributed by atoms with Gasteiger partial charge in [0.1, 0.15) is 35.5 Å². The van der Waals surface area contributed by atoms with Crippen LogP contribution in [-0.2, 0) is 54.5 Å². The summed E-state index contributed by atoms with van der Waals surface area (Å²) in [6.07, 6.45) is 9.11. The molecular weight excluding hydrogens is 995 g/mol. The molecule has 414 valence electrons. The molecule has 10 rings (SSSR count). The lowest BCUT2D eigenvalue weighted by Crippen LogP contribution is -2.38. The van der Waals surface area contributed by atoms with Crippen molar-refractivity contribution in [2.24, 2.45) is 5.92 Å². The van der Waals surface area contributed by atoms with Crippen molar-refractivity contribution in [1.82, 2.24) is 39.2 Å². The van der Waals surface area contributed by atoms with Gasteiger partial charge < -0.3 is 37.8 Å². The summed E-state index contributed by atoms with van der Waals surface area (Å²) >= 11 is 0. The Morgan fingerprint density at radius 3 is 1.51 bits per heavy atom. The van der Waals surface area contributed by atoms with Crippen molar-refractivity contribution in [3.05, 3.63) is 114 Å². The Bertz CT molecular complexity index is 3130. The van der Waals surface area contributed by atoms with E-state index in [0.29, 0.717) is 55.2 Å². The van der Waals surface area contributed by atoms with Crippen LogP contribution >= 0.6 is 0 Å². The number of likely N-dealkylation sites (tertiary alicyclic amines) is 2. The Kier molecular flexibility index (Phi) is 18.4. The van der Waals surface area contributed by atoms with Crippen molar-refractivity contribution < 1.29 is 46.4 Å². The molecule has 77 heavy (non-hydrogen) atoms. The van der Waals surface area contributed by atoms with Gasteiger partial charge in [0.15, 0.2) is 24.8 Å². The quantitative estimate of drug-likeness (QED) is 0.0583. The Hall–Kier alpha value is -6.22. The highest BCUT2D eigenvalue weighted by Crippen LogP contribution is 2.35. The highest BCUT2D eigenvalue weighted by molar-refractivity contribution is 5.80. The van der Waals surface area contributed by atoms with Gasteiger partial charge in [-0.1, -0.05) is 31.1 Å². The van der Waals surface area contributed by atoms with E-state index < -0.39 is 0 Å². The minimum Gasteiger partial charge on any atom is -0.438 e. The van der Waals surface area contributed by atoms with Crippen LogP contribution in [0.4, 0.5) is 8.78 Å². The smallest absolute Gasteiger partial charge is 0.311 e. The summed E-state index contributed by atoms with van der Waals surface area (Å²) in [5.41, 5.74) is 5.74. The second kappa shape index (κ2) is 25.5. The first-order valence-electron chi connectivity index (χ1n) is 27.6. The Morgan fingerprint density at radius 1 is 0.636 bits per heavy atom. The molecule has 0 spiro atoms. The monoisotopic (exact) mass is 1070 g/mol. The molecule has 0 aliphatic carbocycles. The zero-order chi connectivity index (χ0) is 54.2. The second-order valence-corrected chi connectivity index (χ2v) is 20.8. The molecule has 2 fully saturated rings. The van der Waals surface area contributed by atoms with Gasteiger partial charge in [-0.2, -0.15) is 0 Å². The van der Waals surface area contributed by atoms with Crippen LogP contribution in [0.25, 0.3) is 21.9 Å². The lowest BCUT2D eigenvalue weighted by Gasteiger charge is -2.31. The number of aryl methyl sites for hydroxylation is 2. The third-order valence-electron chi connectivity index (χ3n) is 16.1. The Balaban J connectivity index is 0.000000188. The largest absolute Gasteiger partial charge is 0.438 e. The predicted octanol–water partition coefficient (Wildman–Crippen LogP) is 9.06. The van der Waals surface area contributed by atoms with E-state index in [1.807, 2.05) is 27.7 Å². The third-order valence-corrected chi connectivity index (χ3v) is 16.1. The lowest BCUT2D eigenvalue weighted by atomic mass is 9.91. The molecule has 2 aromatic carbocycles. The highest BCUT2D eigenvalue weighted by Gasteiger charge is 2.31. The number of nitrogens with zero attached hydrogens (tertiary/aromatic N) is 8. The zero-order valence-corrected chi connectivity index (χ0v) is 45.0. The van der Waals surface area contributed by atoms with Gasteiger partial charge in [-0.3, -0.25) is 28.3 Å². The first-order valence-corrected chi connectivity index (χ1v) is 27.6. The third kappa shape index (κ3) is 12.9. The zero-order valence-electron chi connectivity index (χ0n) is 45.0. The molecule has 4 aromatic heterocycles. The predicted molar refractivity (Wildman–Crippen MR) is 281 cm³/mol. The number of aromatic nitrogens is 6. The molecule has 2 unspecified atom stereocenters. The molecule has 2 saturated heterocycles. The van der Waals surface area contributed by atoms with Crippen molar-refractivity contribution in [2.75, 3.05) is 52.9 Å². The molecular formula is C57H72F2N8O10. The van der Waals surface area contributed by atoms with Crippen LogP contribution in [0.5, 0.6) is 0 Å². The molecule has 8 heterocycles. The summed E-state index contributed by atoms with van der Waals surface area (Å²) in [5, 5.41) is 10.2. The van der Waals surface area contributed by atoms with E-state index in [-0.39, 0.29) is 78.2 Å². The van der Waals surface area contributed by atoms with Crippen molar-refractivity contribution in [3.63, 3.8) is 0 Å². The molecule has 2 atom stereocenters. The fraction of sp³-hybridized carbons (Fsp3) is 0.579. The van der Waals surface area contributed by atoms with E-state index in [9.17, 15) is 28.0 Å². The standard InChI is InChI=1S/C30H39FN4O5.C27H33FN4O5/c1-4-20(5-2)30(37)39-18-38-25-7-6-13-35-28(25)32-19(3)23(29(35)36)12-16-34-14-10-21(11-15-34)27-24-9-8-22(31)17-26(24)40-33-27;1-3-24(33)36-16-35-22-5-4-11-32-26(22)29-17(2)20(27(32)34)10-14-31-12-8-18(9-13-31)25-21-7-6-19(28)15-23(21)37-30-25/h8-9,17,20-21,25H,4-7,10-16,18H2,1-3H3;6-7,15,18,22H,3-5,8-14,16H2,1-2H3. The van der Waals surface area contributed by atoms with Crippen LogP contribution in [0.1, 0.15) is 161 Å². The number of carbonyl (C=O) groups is 2. The van der Waals surface area contributed by atoms with Gasteiger partial charge in [0, 0.05) is 89.9 Å². The fourth-order valence-corrected chi connectivity index (χ4v) is 11.4. The minimum atomic E-state index is -0.369. The summed E-state index contributed by atoms with van der Waals surface area (Å²) in [5.74, 6) is 0.449. The van der Waals surface area contributed by atoms with Gasteiger partial charge in [-0.15, -0.1) is 0 Å². The molecule has 0 bridgehead atoms. The molecule has 6 aromatic rings. The molecule has 20 heteroatoms. The summed E-state index contributed by atoms with van der Waals surface area (Å²) in [6.45, 7) is 15.5. The number of carbonyl (C=O) groups excluding carboxylic acids is 2. The second-order valence-electron chi connectivity index (χ2n) is 20.8. The molecule has 0 amide bonds. The SMILES string of the molecule is CCC(=O)OCOC1CCCn2c1nc(C)c(CCN1CCC(c3noc4cc(F)ccc34)CC1)c2=O.CCC(CC)C(=O)OCOC1CCCn2c1nc(C)c(CCN1CCC(c3noc4cc(F)ccc34)CC1)c2=O. The minimum absolute atomic E-state index is 0.000935. The van der Waals surface area contributed by atoms with Crippen LogP contribution in [0.3, 0.4) is 0 Å². The van der Waals surface area contributed by atoms with E-state index in [2.05, 4.69) is 20.1 Å². The van der Waals surface area contributed by atoms with Gasteiger partial charge in [0.05, 0.1) is 17.3 Å². The summed E-state index contributed by atoms with van der Waals surface area (Å²) in [6, 6.07) is 9.15.